The van der Waals surface area contributed by atoms with Gasteiger partial charge in [-0.3, -0.25) is 4.74 Å². The van der Waals surface area contributed by atoms with Gasteiger partial charge in [0, 0.05) is 6.42 Å². The Balaban J connectivity index is 1.72. The molecular formula is C23H28O9. The first-order valence-corrected chi connectivity index (χ1v) is 10.3. The van der Waals surface area contributed by atoms with Gasteiger partial charge in [-0.2, -0.15) is 0 Å². The summed E-state index contributed by atoms with van der Waals surface area (Å²) in [7, 11) is 1.60. The van der Waals surface area contributed by atoms with Gasteiger partial charge in [0.1, 0.15) is 29.8 Å². The maximum absolute atomic E-state index is 11.7. The SMILES string of the molecule is CCCOC(=O)O[C@H]1O[C@H](Oc2ccccc2Cc2ccc(OC)cc2)[C@H](O)[C@H](O)[C@@H]1O. The highest BCUT2D eigenvalue weighted by molar-refractivity contribution is 5.60. The normalized spacial score (nSPS) is 25.1. The van der Waals surface area contributed by atoms with Crippen LogP contribution in [0.25, 0.3) is 0 Å². The number of hydrogen-bond donors (Lipinski definition) is 3. The number of methoxy groups -OCH3 is 1. The molecule has 1 aliphatic heterocycles. The summed E-state index contributed by atoms with van der Waals surface area (Å²) >= 11 is 0. The summed E-state index contributed by atoms with van der Waals surface area (Å²) in [6, 6.07) is 14.7. The van der Waals surface area contributed by atoms with E-state index in [9.17, 15) is 20.1 Å². The van der Waals surface area contributed by atoms with Crippen molar-refractivity contribution in [1.82, 2.24) is 0 Å². The molecule has 0 spiro atoms. The average Bonchev–Trinajstić information content (AvgIpc) is 2.81. The van der Waals surface area contributed by atoms with Crippen LogP contribution < -0.4 is 9.47 Å². The minimum Gasteiger partial charge on any atom is -0.497 e. The first kappa shape index (κ1) is 23.8. The first-order chi connectivity index (χ1) is 15.4. The molecule has 2 aromatic carbocycles. The fraction of sp³-hybridized carbons (Fsp3) is 0.435. The molecule has 0 unspecified atom stereocenters. The van der Waals surface area contributed by atoms with E-state index in [0.29, 0.717) is 18.6 Å². The maximum Gasteiger partial charge on any atom is 0.510 e. The summed E-state index contributed by atoms with van der Waals surface area (Å²) in [6.45, 7) is 1.94. The molecule has 32 heavy (non-hydrogen) atoms. The predicted molar refractivity (Wildman–Crippen MR) is 112 cm³/mol. The van der Waals surface area contributed by atoms with E-state index in [4.69, 9.17) is 23.7 Å². The standard InChI is InChI=1S/C23H28O9/c1-3-12-29-23(27)32-22-20(26)18(24)19(25)21(31-22)30-17-7-5-4-6-15(17)13-14-8-10-16(28-2)11-9-14/h4-11,18-22,24-26H,3,12-13H2,1-2H3/t18-,19+,20-,21-,22+/m0/s1. The number of ether oxygens (including phenoxy) is 5. The Morgan fingerprint density at radius 3 is 2.34 bits per heavy atom. The predicted octanol–water partition coefficient (Wildman–Crippen LogP) is 1.99. The molecular weight excluding hydrogens is 420 g/mol. The summed E-state index contributed by atoms with van der Waals surface area (Å²) in [5, 5.41) is 30.7. The minimum atomic E-state index is -1.67. The number of carbonyl (C=O) groups is 1. The first-order valence-electron chi connectivity index (χ1n) is 10.3. The van der Waals surface area contributed by atoms with E-state index in [1.807, 2.05) is 43.3 Å². The van der Waals surface area contributed by atoms with Gasteiger partial charge in [-0.1, -0.05) is 37.3 Å². The quantitative estimate of drug-likeness (QED) is 0.520. The van der Waals surface area contributed by atoms with Crippen molar-refractivity contribution in [3.8, 4) is 11.5 Å². The van der Waals surface area contributed by atoms with E-state index in [-0.39, 0.29) is 6.61 Å². The topological polar surface area (TPSA) is 124 Å². The van der Waals surface area contributed by atoms with Crippen LogP contribution in [0.3, 0.4) is 0 Å². The average molecular weight is 448 g/mol. The van der Waals surface area contributed by atoms with Gasteiger partial charge in [-0.25, -0.2) is 4.79 Å². The molecule has 3 rings (SSSR count). The van der Waals surface area contributed by atoms with Gasteiger partial charge in [0.2, 0.25) is 12.6 Å². The number of benzene rings is 2. The smallest absolute Gasteiger partial charge is 0.497 e. The summed E-state index contributed by atoms with van der Waals surface area (Å²) in [4.78, 5) is 11.7. The van der Waals surface area contributed by atoms with Crippen molar-refractivity contribution in [2.45, 2.75) is 50.7 Å². The van der Waals surface area contributed by atoms with Gasteiger partial charge < -0.3 is 34.3 Å². The van der Waals surface area contributed by atoms with Gasteiger partial charge in [0.25, 0.3) is 0 Å². The Morgan fingerprint density at radius 1 is 0.969 bits per heavy atom. The molecule has 1 heterocycles. The van der Waals surface area contributed by atoms with Gasteiger partial charge >= 0.3 is 6.16 Å². The molecule has 9 nitrogen and oxygen atoms in total. The molecule has 0 aliphatic carbocycles. The second kappa shape index (κ2) is 11.1. The third kappa shape index (κ3) is 5.89. The molecule has 2 aromatic rings. The van der Waals surface area contributed by atoms with Crippen LogP contribution in [0.1, 0.15) is 24.5 Å². The Kier molecular flexibility index (Phi) is 8.29. The van der Waals surface area contributed by atoms with Crippen LogP contribution in [0.5, 0.6) is 11.5 Å². The molecule has 1 aliphatic rings. The number of aliphatic hydroxyl groups excluding tert-OH is 3. The van der Waals surface area contributed by atoms with Crippen LogP contribution in [0.4, 0.5) is 4.79 Å². The number of carbonyl (C=O) groups excluding carboxylic acids is 1. The van der Waals surface area contributed by atoms with Crippen LogP contribution in [-0.4, -0.2) is 66.1 Å². The van der Waals surface area contributed by atoms with Crippen molar-refractivity contribution >= 4 is 6.16 Å². The molecule has 5 atom stereocenters. The van der Waals surface area contributed by atoms with Crippen LogP contribution >= 0.6 is 0 Å². The summed E-state index contributed by atoms with van der Waals surface area (Å²) in [6.07, 6.45) is -7.83. The van der Waals surface area contributed by atoms with E-state index >= 15 is 0 Å². The van der Waals surface area contributed by atoms with Crippen LogP contribution in [0.15, 0.2) is 48.5 Å². The Labute approximate surface area is 186 Å². The molecule has 1 saturated heterocycles. The zero-order valence-electron chi connectivity index (χ0n) is 17.9. The van der Waals surface area contributed by atoms with E-state index in [0.717, 1.165) is 16.9 Å². The van der Waals surface area contributed by atoms with E-state index in [1.165, 1.54) is 0 Å². The van der Waals surface area contributed by atoms with Crippen molar-refractivity contribution in [3.05, 3.63) is 59.7 Å². The Bertz CT molecular complexity index is 870. The van der Waals surface area contributed by atoms with Crippen molar-refractivity contribution in [3.63, 3.8) is 0 Å². The lowest BCUT2D eigenvalue weighted by Crippen LogP contribution is -2.60. The lowest BCUT2D eigenvalue weighted by atomic mass is 10.0. The summed E-state index contributed by atoms with van der Waals surface area (Å²) in [5.41, 5.74) is 1.80. The van der Waals surface area contributed by atoms with Gasteiger partial charge in [-0.05, 0) is 35.7 Å². The highest BCUT2D eigenvalue weighted by atomic mass is 16.8. The highest BCUT2D eigenvalue weighted by Gasteiger charge is 2.47. The fourth-order valence-electron chi connectivity index (χ4n) is 3.18. The van der Waals surface area contributed by atoms with Crippen LogP contribution in [0.2, 0.25) is 0 Å². The lowest BCUT2D eigenvalue weighted by molar-refractivity contribution is -0.322. The molecule has 0 radical (unpaired) electrons. The number of para-hydroxylation sites is 1. The lowest BCUT2D eigenvalue weighted by Gasteiger charge is -2.39. The van der Waals surface area contributed by atoms with E-state index in [2.05, 4.69) is 0 Å². The molecule has 0 saturated carbocycles. The number of rotatable bonds is 8. The van der Waals surface area contributed by atoms with Crippen LogP contribution in [-0.2, 0) is 20.6 Å². The number of hydrogen-bond acceptors (Lipinski definition) is 9. The Hall–Kier alpha value is -2.85. The summed E-state index contributed by atoms with van der Waals surface area (Å²) in [5.74, 6) is 1.15. The van der Waals surface area contributed by atoms with Crippen molar-refractivity contribution < 1.29 is 43.8 Å². The van der Waals surface area contributed by atoms with Gasteiger partial charge in [0.15, 0.2) is 0 Å². The monoisotopic (exact) mass is 448 g/mol. The highest BCUT2D eigenvalue weighted by Crippen LogP contribution is 2.28. The maximum atomic E-state index is 11.7. The molecule has 174 valence electrons. The van der Waals surface area contributed by atoms with E-state index < -0.39 is 37.0 Å². The third-order valence-electron chi connectivity index (χ3n) is 4.93. The van der Waals surface area contributed by atoms with E-state index in [1.54, 1.807) is 19.2 Å². The van der Waals surface area contributed by atoms with Gasteiger partial charge in [0.05, 0.1) is 13.7 Å². The van der Waals surface area contributed by atoms with Crippen molar-refractivity contribution in [2.24, 2.45) is 0 Å². The Morgan fingerprint density at radius 2 is 1.66 bits per heavy atom. The zero-order chi connectivity index (χ0) is 23.1. The second-order valence-corrected chi connectivity index (χ2v) is 7.31. The fourth-order valence-corrected chi connectivity index (χ4v) is 3.18. The van der Waals surface area contributed by atoms with Crippen molar-refractivity contribution in [1.29, 1.82) is 0 Å². The second-order valence-electron chi connectivity index (χ2n) is 7.31. The molecule has 1 fully saturated rings. The van der Waals surface area contributed by atoms with Gasteiger partial charge in [-0.15, -0.1) is 0 Å². The molecule has 0 aromatic heterocycles. The van der Waals surface area contributed by atoms with Crippen LogP contribution in [0, 0.1) is 0 Å². The molecule has 0 amide bonds. The molecule has 9 heteroatoms. The number of aliphatic hydroxyl groups is 3. The van der Waals surface area contributed by atoms with Crippen molar-refractivity contribution in [2.75, 3.05) is 13.7 Å². The molecule has 3 N–H and O–H groups in total. The third-order valence-corrected chi connectivity index (χ3v) is 4.93. The minimum absolute atomic E-state index is 0.130. The molecule has 0 bridgehead atoms. The summed E-state index contributed by atoms with van der Waals surface area (Å²) < 4.78 is 26.2. The largest absolute Gasteiger partial charge is 0.510 e. The zero-order valence-corrected chi connectivity index (χ0v) is 17.9.